The summed E-state index contributed by atoms with van der Waals surface area (Å²) < 4.78 is 10.2. The molecule has 1 rings (SSSR count). The Balaban J connectivity index is 2.02. The number of ether oxygens (including phenoxy) is 2. The molecule has 1 N–H and O–H groups in total. The molecular weight excluding hydrogens is 206 g/mol. The smallest absolute Gasteiger partial charge is 0.407 e. The van der Waals surface area contributed by atoms with Crippen molar-refractivity contribution in [3.63, 3.8) is 0 Å². The van der Waals surface area contributed by atoms with Gasteiger partial charge in [-0.1, -0.05) is 30.3 Å². The quantitative estimate of drug-likeness (QED) is 0.750. The molecule has 0 aliphatic heterocycles. The lowest BCUT2D eigenvalue weighted by atomic mass is 10.2. The number of carbonyl (C=O) groups excluding carboxylic acids is 1. The maximum Gasteiger partial charge on any atom is 0.407 e. The van der Waals surface area contributed by atoms with Gasteiger partial charge in [0.05, 0.1) is 13.2 Å². The van der Waals surface area contributed by atoms with Crippen molar-refractivity contribution < 1.29 is 14.3 Å². The van der Waals surface area contributed by atoms with E-state index in [4.69, 9.17) is 9.47 Å². The van der Waals surface area contributed by atoms with E-state index in [1.807, 2.05) is 37.3 Å². The predicted molar refractivity (Wildman–Crippen MR) is 61.1 cm³/mol. The van der Waals surface area contributed by atoms with Gasteiger partial charge in [-0.25, -0.2) is 4.79 Å². The van der Waals surface area contributed by atoms with Crippen LogP contribution in [-0.4, -0.2) is 25.9 Å². The van der Waals surface area contributed by atoms with Crippen molar-refractivity contribution in [1.82, 2.24) is 5.32 Å². The predicted octanol–water partition coefficient (Wildman–Crippen LogP) is 1.95. The lowest BCUT2D eigenvalue weighted by molar-refractivity contribution is 0.0650. The summed E-state index contributed by atoms with van der Waals surface area (Å²) in [5.74, 6) is 0. The van der Waals surface area contributed by atoms with Crippen LogP contribution in [0.25, 0.3) is 0 Å². The number of hydrogen-bond donors (Lipinski definition) is 1. The Kier molecular flexibility index (Phi) is 6.03. The summed E-state index contributed by atoms with van der Waals surface area (Å²) in [4.78, 5) is 10.9. The molecule has 1 aromatic rings. The van der Waals surface area contributed by atoms with Crippen LogP contribution in [0.2, 0.25) is 0 Å². The first kappa shape index (κ1) is 12.5. The van der Waals surface area contributed by atoms with Crippen molar-refractivity contribution in [1.29, 1.82) is 0 Å². The Hall–Kier alpha value is -1.55. The Morgan fingerprint density at radius 2 is 2.00 bits per heavy atom. The molecule has 0 aliphatic carbocycles. The van der Waals surface area contributed by atoms with Crippen molar-refractivity contribution in [2.45, 2.75) is 13.5 Å². The number of rotatable bonds is 6. The summed E-state index contributed by atoms with van der Waals surface area (Å²) in [5.41, 5.74) is 1.11. The van der Waals surface area contributed by atoms with Crippen molar-refractivity contribution >= 4 is 6.09 Å². The number of benzene rings is 1. The van der Waals surface area contributed by atoms with Crippen molar-refractivity contribution in [3.8, 4) is 0 Å². The second-order valence-corrected chi connectivity index (χ2v) is 3.20. The molecule has 0 saturated carbocycles. The summed E-state index contributed by atoms with van der Waals surface area (Å²) in [7, 11) is 0. The van der Waals surface area contributed by atoms with Crippen LogP contribution in [0.3, 0.4) is 0 Å². The molecule has 0 aliphatic rings. The second-order valence-electron chi connectivity index (χ2n) is 3.20. The molecule has 1 aromatic carbocycles. The molecule has 4 nitrogen and oxygen atoms in total. The first-order chi connectivity index (χ1) is 7.83. The van der Waals surface area contributed by atoms with E-state index >= 15 is 0 Å². The minimum atomic E-state index is -0.397. The molecule has 0 bridgehead atoms. The van der Waals surface area contributed by atoms with E-state index in [0.29, 0.717) is 19.8 Å². The Labute approximate surface area is 95.6 Å². The number of hydrogen-bond acceptors (Lipinski definition) is 3. The van der Waals surface area contributed by atoms with Gasteiger partial charge in [-0.05, 0) is 12.5 Å². The van der Waals surface area contributed by atoms with Crippen LogP contribution in [0.1, 0.15) is 12.5 Å². The minimum absolute atomic E-state index is 0.276. The van der Waals surface area contributed by atoms with Crippen molar-refractivity contribution in [2.24, 2.45) is 0 Å². The standard InChI is InChI=1S/C12H17NO3/c1-2-13-12(14)16-9-8-15-10-11-6-4-3-5-7-11/h3-7H,2,8-10H2,1H3,(H,13,14). The zero-order valence-electron chi connectivity index (χ0n) is 9.44. The maximum atomic E-state index is 10.9. The van der Waals surface area contributed by atoms with Crippen LogP contribution in [0.15, 0.2) is 30.3 Å². The van der Waals surface area contributed by atoms with Crippen LogP contribution in [0, 0.1) is 0 Å². The number of carbonyl (C=O) groups is 1. The highest BCUT2D eigenvalue weighted by molar-refractivity contribution is 5.66. The molecule has 1 amide bonds. The van der Waals surface area contributed by atoms with Gasteiger partial charge in [-0.2, -0.15) is 0 Å². The van der Waals surface area contributed by atoms with Crippen LogP contribution < -0.4 is 5.32 Å². The summed E-state index contributed by atoms with van der Waals surface area (Å²) in [5, 5.41) is 2.54. The van der Waals surface area contributed by atoms with Gasteiger partial charge >= 0.3 is 6.09 Å². The highest BCUT2D eigenvalue weighted by atomic mass is 16.6. The molecule has 16 heavy (non-hydrogen) atoms. The van der Waals surface area contributed by atoms with Gasteiger partial charge in [0, 0.05) is 6.54 Å². The van der Waals surface area contributed by atoms with Crippen molar-refractivity contribution in [3.05, 3.63) is 35.9 Å². The number of amides is 1. The first-order valence-corrected chi connectivity index (χ1v) is 5.35. The summed E-state index contributed by atoms with van der Waals surface area (Å²) >= 11 is 0. The highest BCUT2D eigenvalue weighted by Crippen LogP contribution is 1.99. The zero-order chi connectivity index (χ0) is 11.6. The molecule has 0 aromatic heterocycles. The third kappa shape index (κ3) is 5.36. The maximum absolute atomic E-state index is 10.9. The Bertz CT molecular complexity index is 300. The van der Waals surface area contributed by atoms with Gasteiger partial charge in [0.2, 0.25) is 0 Å². The summed E-state index contributed by atoms with van der Waals surface area (Å²) in [6.45, 7) is 3.64. The molecule has 0 fully saturated rings. The third-order valence-corrected chi connectivity index (χ3v) is 1.89. The molecule has 0 heterocycles. The Morgan fingerprint density at radius 3 is 2.69 bits per heavy atom. The normalized spacial score (nSPS) is 9.81. The third-order valence-electron chi connectivity index (χ3n) is 1.89. The van der Waals surface area contributed by atoms with E-state index in [1.165, 1.54) is 0 Å². The van der Waals surface area contributed by atoms with E-state index in [1.54, 1.807) is 0 Å². The van der Waals surface area contributed by atoms with Crippen LogP contribution in [0.5, 0.6) is 0 Å². The molecule has 4 heteroatoms. The van der Waals surface area contributed by atoms with Gasteiger partial charge in [-0.3, -0.25) is 0 Å². The van der Waals surface area contributed by atoms with E-state index < -0.39 is 6.09 Å². The fraction of sp³-hybridized carbons (Fsp3) is 0.417. The SMILES string of the molecule is CCNC(=O)OCCOCc1ccccc1. The lowest BCUT2D eigenvalue weighted by Gasteiger charge is -2.06. The fourth-order valence-electron chi connectivity index (χ4n) is 1.15. The molecular formula is C12H17NO3. The highest BCUT2D eigenvalue weighted by Gasteiger charge is 1.98. The monoisotopic (exact) mass is 223 g/mol. The molecule has 88 valence electrons. The number of alkyl carbamates (subject to hydrolysis) is 1. The molecule has 0 unspecified atom stereocenters. The molecule has 0 atom stereocenters. The van der Waals surface area contributed by atoms with Gasteiger partial charge in [0.1, 0.15) is 6.61 Å². The van der Waals surface area contributed by atoms with Gasteiger partial charge in [0.15, 0.2) is 0 Å². The van der Waals surface area contributed by atoms with E-state index in [0.717, 1.165) is 5.56 Å². The zero-order valence-corrected chi connectivity index (χ0v) is 9.44. The average molecular weight is 223 g/mol. The minimum Gasteiger partial charge on any atom is -0.447 e. The lowest BCUT2D eigenvalue weighted by Crippen LogP contribution is -2.25. The van der Waals surface area contributed by atoms with Gasteiger partial charge < -0.3 is 14.8 Å². The summed E-state index contributed by atoms with van der Waals surface area (Å²) in [6, 6.07) is 9.87. The largest absolute Gasteiger partial charge is 0.447 e. The number of nitrogens with one attached hydrogen (secondary N) is 1. The van der Waals surface area contributed by atoms with E-state index in [-0.39, 0.29) is 6.61 Å². The second kappa shape index (κ2) is 7.70. The van der Waals surface area contributed by atoms with E-state index in [9.17, 15) is 4.79 Å². The van der Waals surface area contributed by atoms with Gasteiger partial charge in [-0.15, -0.1) is 0 Å². The molecule has 0 spiro atoms. The average Bonchev–Trinajstić information content (AvgIpc) is 2.30. The molecule has 0 saturated heterocycles. The van der Waals surface area contributed by atoms with Gasteiger partial charge in [0.25, 0.3) is 0 Å². The first-order valence-electron chi connectivity index (χ1n) is 5.35. The topological polar surface area (TPSA) is 47.6 Å². The van der Waals surface area contributed by atoms with Crippen LogP contribution in [-0.2, 0) is 16.1 Å². The Morgan fingerprint density at radius 1 is 1.25 bits per heavy atom. The van der Waals surface area contributed by atoms with Crippen molar-refractivity contribution in [2.75, 3.05) is 19.8 Å². The van der Waals surface area contributed by atoms with Crippen LogP contribution in [0.4, 0.5) is 4.79 Å². The molecule has 0 radical (unpaired) electrons. The summed E-state index contributed by atoms with van der Waals surface area (Å²) in [6.07, 6.45) is -0.397. The van der Waals surface area contributed by atoms with Crippen LogP contribution >= 0.6 is 0 Å². The fourth-order valence-corrected chi connectivity index (χ4v) is 1.15. The van der Waals surface area contributed by atoms with E-state index in [2.05, 4.69) is 5.32 Å².